The van der Waals surface area contributed by atoms with Crippen molar-refractivity contribution in [1.82, 2.24) is 10.2 Å². The van der Waals surface area contributed by atoms with Gasteiger partial charge in [0.05, 0.1) is 6.61 Å². The molecule has 2 N–H and O–H groups in total. The van der Waals surface area contributed by atoms with Crippen LogP contribution in [0.3, 0.4) is 0 Å². The Hall–Kier alpha value is -1.62. The van der Waals surface area contributed by atoms with Crippen LogP contribution in [0.4, 0.5) is 11.6 Å². The molecule has 1 aliphatic heterocycles. The van der Waals surface area contributed by atoms with Crippen LogP contribution in [-0.2, 0) is 4.74 Å². The predicted octanol–water partition coefficient (Wildman–Crippen LogP) is 0.842. The highest BCUT2D eigenvalue weighted by atomic mass is 16.5. The Morgan fingerprint density at radius 2 is 2.31 bits per heavy atom. The molecule has 1 aromatic rings. The highest BCUT2D eigenvalue weighted by Gasteiger charge is 2.13. The zero-order valence-corrected chi connectivity index (χ0v) is 9.39. The molecule has 0 unspecified atom stereocenters. The van der Waals surface area contributed by atoms with Gasteiger partial charge < -0.3 is 15.4 Å². The molecule has 0 aliphatic carbocycles. The van der Waals surface area contributed by atoms with E-state index < -0.39 is 0 Å². The fraction of sp³-hybridized carbons (Fsp3) is 0.455. The van der Waals surface area contributed by atoms with Gasteiger partial charge in [-0.05, 0) is 24.1 Å². The second kappa shape index (κ2) is 4.94. The molecule has 1 aromatic heterocycles. The van der Waals surface area contributed by atoms with Gasteiger partial charge in [0.15, 0.2) is 5.82 Å². The molecule has 0 atom stereocenters. The van der Waals surface area contributed by atoms with Crippen molar-refractivity contribution in [3.05, 3.63) is 23.8 Å². The summed E-state index contributed by atoms with van der Waals surface area (Å²) >= 11 is 0. The van der Waals surface area contributed by atoms with Gasteiger partial charge in [-0.3, -0.25) is 0 Å². The smallest absolute Gasteiger partial charge is 0.151 e. The van der Waals surface area contributed by atoms with Gasteiger partial charge in [-0.1, -0.05) is 6.08 Å². The minimum atomic E-state index is 0.455. The summed E-state index contributed by atoms with van der Waals surface area (Å²) in [5, 5.41) is 7.91. The first-order valence-electron chi connectivity index (χ1n) is 5.30. The lowest BCUT2D eigenvalue weighted by atomic mass is 10.1. The predicted molar refractivity (Wildman–Crippen MR) is 63.2 cm³/mol. The second-order valence-electron chi connectivity index (χ2n) is 3.81. The van der Waals surface area contributed by atoms with Gasteiger partial charge in [0, 0.05) is 20.2 Å². The minimum absolute atomic E-state index is 0.455. The second-order valence-corrected chi connectivity index (χ2v) is 3.81. The van der Waals surface area contributed by atoms with Gasteiger partial charge in [0.25, 0.3) is 0 Å². The normalized spacial score (nSPS) is 16.1. The van der Waals surface area contributed by atoms with Crippen molar-refractivity contribution in [2.75, 3.05) is 37.4 Å². The molecular formula is C11H16N4O. The zero-order chi connectivity index (χ0) is 11.4. The number of nitrogen functional groups attached to an aromatic ring is 1. The average molecular weight is 220 g/mol. The van der Waals surface area contributed by atoms with Gasteiger partial charge in [-0.25, -0.2) is 0 Å². The number of ether oxygens (including phenoxy) is 1. The van der Waals surface area contributed by atoms with Crippen molar-refractivity contribution in [3.8, 4) is 0 Å². The first-order valence-corrected chi connectivity index (χ1v) is 5.30. The third-order valence-electron chi connectivity index (χ3n) is 2.63. The number of hydrogen-bond acceptors (Lipinski definition) is 5. The number of methoxy groups -OCH3 is 1. The minimum Gasteiger partial charge on any atom is -0.382 e. The first kappa shape index (κ1) is 10.9. The van der Waals surface area contributed by atoms with Gasteiger partial charge in [0.1, 0.15) is 5.82 Å². The van der Waals surface area contributed by atoms with Crippen LogP contribution in [-0.4, -0.2) is 37.0 Å². The molecule has 2 heterocycles. The molecule has 0 spiro atoms. The zero-order valence-electron chi connectivity index (χ0n) is 9.39. The van der Waals surface area contributed by atoms with Crippen molar-refractivity contribution in [1.29, 1.82) is 0 Å². The van der Waals surface area contributed by atoms with Gasteiger partial charge in [-0.2, -0.15) is 0 Å². The number of rotatable bonds is 3. The number of nitrogens with zero attached hydrogens (tertiary/aromatic N) is 3. The van der Waals surface area contributed by atoms with E-state index in [1.165, 1.54) is 5.57 Å². The molecule has 1 aliphatic rings. The summed E-state index contributed by atoms with van der Waals surface area (Å²) < 4.78 is 5.11. The topological polar surface area (TPSA) is 64.3 Å². The summed E-state index contributed by atoms with van der Waals surface area (Å²) in [6.45, 7) is 2.53. The van der Waals surface area contributed by atoms with Crippen LogP contribution in [0.2, 0.25) is 0 Å². The Labute approximate surface area is 94.9 Å². The molecule has 0 amide bonds. The third kappa shape index (κ3) is 2.49. The molecule has 0 aromatic carbocycles. The maximum atomic E-state index is 5.50. The monoisotopic (exact) mass is 220 g/mol. The molecule has 5 heteroatoms. The lowest BCUT2D eigenvalue weighted by molar-refractivity contribution is 0.222. The van der Waals surface area contributed by atoms with Crippen LogP contribution in [0.15, 0.2) is 23.8 Å². The SMILES string of the molecule is COCC1=CCN(c2ccc(N)nn2)CC1. The van der Waals surface area contributed by atoms with Crippen LogP contribution >= 0.6 is 0 Å². The lowest BCUT2D eigenvalue weighted by Gasteiger charge is -2.26. The summed E-state index contributed by atoms with van der Waals surface area (Å²) in [6.07, 6.45) is 3.20. The van der Waals surface area contributed by atoms with E-state index in [0.717, 1.165) is 31.9 Å². The molecule has 16 heavy (non-hydrogen) atoms. The van der Waals surface area contributed by atoms with E-state index in [1.54, 1.807) is 13.2 Å². The van der Waals surface area contributed by atoms with Gasteiger partial charge in [-0.15, -0.1) is 10.2 Å². The summed E-state index contributed by atoms with van der Waals surface area (Å²) in [6, 6.07) is 3.67. The molecule has 0 saturated carbocycles. The van der Waals surface area contributed by atoms with Crippen LogP contribution in [0.5, 0.6) is 0 Å². The van der Waals surface area contributed by atoms with E-state index in [2.05, 4.69) is 21.2 Å². The van der Waals surface area contributed by atoms with Crippen LogP contribution in [0.25, 0.3) is 0 Å². The standard InChI is InChI=1S/C11H16N4O/c1-16-8-9-4-6-15(7-5-9)11-3-2-10(12)13-14-11/h2-4H,5-8H2,1H3,(H2,12,13). The first-order chi connectivity index (χ1) is 7.79. The quantitative estimate of drug-likeness (QED) is 0.765. The molecular weight excluding hydrogens is 204 g/mol. The molecule has 86 valence electrons. The number of anilines is 2. The summed E-state index contributed by atoms with van der Waals surface area (Å²) in [4.78, 5) is 2.17. The molecule has 0 fully saturated rings. The molecule has 0 bridgehead atoms. The molecule has 5 nitrogen and oxygen atoms in total. The Morgan fingerprint density at radius 3 is 2.88 bits per heavy atom. The Morgan fingerprint density at radius 1 is 1.44 bits per heavy atom. The average Bonchev–Trinajstić information content (AvgIpc) is 2.32. The lowest BCUT2D eigenvalue weighted by Crippen LogP contribution is -2.30. The number of nitrogens with two attached hydrogens (primary N) is 1. The maximum Gasteiger partial charge on any atom is 0.151 e. The van der Waals surface area contributed by atoms with E-state index in [0.29, 0.717) is 5.82 Å². The maximum absolute atomic E-state index is 5.50. The Balaban J connectivity index is 2.01. The van der Waals surface area contributed by atoms with E-state index in [4.69, 9.17) is 10.5 Å². The van der Waals surface area contributed by atoms with E-state index in [-0.39, 0.29) is 0 Å². The van der Waals surface area contributed by atoms with Gasteiger partial charge >= 0.3 is 0 Å². The highest BCUT2D eigenvalue weighted by molar-refractivity contribution is 5.43. The van der Waals surface area contributed by atoms with Crippen LogP contribution in [0, 0.1) is 0 Å². The Kier molecular flexibility index (Phi) is 3.36. The molecule has 0 radical (unpaired) electrons. The molecule has 2 rings (SSSR count). The summed E-state index contributed by atoms with van der Waals surface area (Å²) in [5.74, 6) is 1.33. The van der Waals surface area contributed by atoms with E-state index >= 15 is 0 Å². The summed E-state index contributed by atoms with van der Waals surface area (Å²) in [7, 11) is 1.72. The van der Waals surface area contributed by atoms with Crippen molar-refractivity contribution in [2.45, 2.75) is 6.42 Å². The number of hydrogen-bond donors (Lipinski definition) is 1. The van der Waals surface area contributed by atoms with Gasteiger partial charge in [0.2, 0.25) is 0 Å². The van der Waals surface area contributed by atoms with E-state index in [1.807, 2.05) is 6.07 Å². The summed E-state index contributed by atoms with van der Waals surface area (Å²) in [5.41, 5.74) is 6.85. The fourth-order valence-corrected chi connectivity index (χ4v) is 1.74. The van der Waals surface area contributed by atoms with Crippen molar-refractivity contribution in [3.63, 3.8) is 0 Å². The van der Waals surface area contributed by atoms with Crippen LogP contribution in [0.1, 0.15) is 6.42 Å². The van der Waals surface area contributed by atoms with Crippen molar-refractivity contribution < 1.29 is 4.74 Å². The Bertz CT molecular complexity index is 374. The largest absolute Gasteiger partial charge is 0.382 e. The van der Waals surface area contributed by atoms with E-state index in [9.17, 15) is 0 Å². The fourth-order valence-electron chi connectivity index (χ4n) is 1.74. The van der Waals surface area contributed by atoms with Crippen LogP contribution < -0.4 is 10.6 Å². The van der Waals surface area contributed by atoms with Crippen molar-refractivity contribution >= 4 is 11.6 Å². The highest BCUT2D eigenvalue weighted by Crippen LogP contribution is 2.17. The third-order valence-corrected chi connectivity index (χ3v) is 2.63. The molecule has 0 saturated heterocycles. The van der Waals surface area contributed by atoms with Crippen molar-refractivity contribution in [2.24, 2.45) is 0 Å². The number of aromatic nitrogens is 2.